The molecular weight excluding hydrogens is 190 g/mol. The molecule has 0 aliphatic heterocycles. The van der Waals surface area contributed by atoms with Gasteiger partial charge >= 0.3 is 0 Å². The van der Waals surface area contributed by atoms with Crippen molar-refractivity contribution in [3.8, 4) is 0 Å². The van der Waals surface area contributed by atoms with E-state index in [1.54, 1.807) is 19.1 Å². The molecule has 0 heterocycles. The summed E-state index contributed by atoms with van der Waals surface area (Å²) in [5.41, 5.74) is -0.215. The van der Waals surface area contributed by atoms with Gasteiger partial charge in [-0.15, -0.1) is 0 Å². The van der Waals surface area contributed by atoms with E-state index in [-0.39, 0.29) is 5.70 Å². The molecule has 0 aromatic rings. The van der Waals surface area contributed by atoms with Crippen LogP contribution >= 0.6 is 11.6 Å². The maximum absolute atomic E-state index is 10.0. The third-order valence-corrected chi connectivity index (χ3v) is 1.10. The second kappa shape index (κ2) is 9.00. The molecule has 0 saturated carbocycles. The topological polar surface area (TPSA) is 43.1 Å². The van der Waals surface area contributed by atoms with Crippen molar-refractivity contribution in [2.24, 2.45) is 0 Å². The Balaban J connectivity index is 0. The minimum Gasteiger partial charge on any atom is -0.258 e. The summed E-state index contributed by atoms with van der Waals surface area (Å²) in [4.78, 5) is 9.43. The predicted molar refractivity (Wildman–Crippen MR) is 56.2 cm³/mol. The molecule has 0 aromatic carbocycles. The first-order valence-corrected chi connectivity index (χ1v) is 4.29. The van der Waals surface area contributed by atoms with Gasteiger partial charge in [-0.3, -0.25) is 10.1 Å². The fourth-order valence-corrected chi connectivity index (χ4v) is 0.671. The minimum absolute atomic E-state index is 0.215. The lowest BCUT2D eigenvalue weighted by Crippen LogP contribution is -1.92. The standard InChI is InChI=1S/C7H8ClNO2.C2H6/c1-3-4-7(8)5-6(2)9(10)11;1-2/h3-5H,2H2,1H3;1-2H3/b4-3-,7-5+;. The normalized spacial score (nSPS) is 10.6. The van der Waals surface area contributed by atoms with Crippen LogP contribution in [0.3, 0.4) is 0 Å². The summed E-state index contributed by atoms with van der Waals surface area (Å²) in [5, 5.41) is 10.3. The lowest BCUT2D eigenvalue weighted by atomic mass is 10.4. The van der Waals surface area contributed by atoms with Crippen molar-refractivity contribution in [2.75, 3.05) is 0 Å². The second-order valence-electron chi connectivity index (χ2n) is 1.78. The summed E-state index contributed by atoms with van der Waals surface area (Å²) in [6.07, 6.45) is 4.43. The minimum atomic E-state index is -0.591. The number of rotatable bonds is 3. The van der Waals surface area contributed by atoms with Crippen molar-refractivity contribution in [3.63, 3.8) is 0 Å². The molecule has 0 aliphatic carbocycles. The summed E-state index contributed by atoms with van der Waals surface area (Å²) < 4.78 is 0. The molecule has 0 rings (SSSR count). The third-order valence-electron chi connectivity index (χ3n) is 0.865. The molecule has 4 heteroatoms. The summed E-state index contributed by atoms with van der Waals surface area (Å²) in [6, 6.07) is 0. The number of nitro groups is 1. The van der Waals surface area contributed by atoms with Crippen molar-refractivity contribution in [1.82, 2.24) is 0 Å². The molecule has 0 aromatic heterocycles. The van der Waals surface area contributed by atoms with Gasteiger partial charge in [0, 0.05) is 11.1 Å². The fourth-order valence-electron chi connectivity index (χ4n) is 0.419. The number of hydrogen-bond acceptors (Lipinski definition) is 2. The van der Waals surface area contributed by atoms with Crippen molar-refractivity contribution in [3.05, 3.63) is 45.7 Å². The van der Waals surface area contributed by atoms with E-state index in [4.69, 9.17) is 11.6 Å². The average molecular weight is 204 g/mol. The molecule has 0 bridgehead atoms. The number of hydrogen-bond donors (Lipinski definition) is 0. The van der Waals surface area contributed by atoms with Crippen LogP contribution < -0.4 is 0 Å². The quantitative estimate of drug-likeness (QED) is 0.400. The van der Waals surface area contributed by atoms with Crippen LogP contribution in [0.5, 0.6) is 0 Å². The molecule has 0 amide bonds. The van der Waals surface area contributed by atoms with E-state index in [0.29, 0.717) is 5.03 Å². The Morgan fingerprint density at radius 2 is 2.00 bits per heavy atom. The summed E-state index contributed by atoms with van der Waals surface area (Å²) >= 11 is 5.53. The third kappa shape index (κ3) is 8.82. The average Bonchev–Trinajstić information content (AvgIpc) is 2.08. The van der Waals surface area contributed by atoms with Gasteiger partial charge in [-0.2, -0.15) is 0 Å². The summed E-state index contributed by atoms with van der Waals surface area (Å²) in [6.45, 7) is 8.95. The molecule has 0 fully saturated rings. The molecule has 0 radical (unpaired) electrons. The highest BCUT2D eigenvalue weighted by Gasteiger charge is 2.01. The van der Waals surface area contributed by atoms with Crippen LogP contribution in [0, 0.1) is 10.1 Å². The maximum Gasteiger partial charge on any atom is 0.263 e. The number of allylic oxidation sites excluding steroid dienone is 4. The van der Waals surface area contributed by atoms with E-state index in [9.17, 15) is 10.1 Å². The van der Waals surface area contributed by atoms with Gasteiger partial charge in [0.2, 0.25) is 0 Å². The van der Waals surface area contributed by atoms with Crippen LogP contribution in [0.2, 0.25) is 0 Å². The Hall–Kier alpha value is -1.09. The molecule has 74 valence electrons. The molecule has 0 unspecified atom stereocenters. The molecule has 0 spiro atoms. The zero-order valence-electron chi connectivity index (χ0n) is 8.08. The van der Waals surface area contributed by atoms with Crippen LogP contribution in [0.4, 0.5) is 0 Å². The first-order chi connectivity index (χ1) is 6.07. The largest absolute Gasteiger partial charge is 0.263 e. The highest BCUT2D eigenvalue weighted by molar-refractivity contribution is 6.31. The zero-order chi connectivity index (χ0) is 10.9. The lowest BCUT2D eigenvalue weighted by Gasteiger charge is -1.87. The van der Waals surface area contributed by atoms with Gasteiger partial charge in [-0.05, 0) is 19.6 Å². The maximum atomic E-state index is 10.0. The Morgan fingerprint density at radius 1 is 1.54 bits per heavy atom. The van der Waals surface area contributed by atoms with E-state index in [1.807, 2.05) is 13.8 Å². The van der Waals surface area contributed by atoms with Gasteiger partial charge in [0.15, 0.2) is 0 Å². The van der Waals surface area contributed by atoms with Gasteiger partial charge in [0.25, 0.3) is 5.70 Å². The molecule has 0 atom stereocenters. The van der Waals surface area contributed by atoms with E-state index in [0.717, 1.165) is 0 Å². The van der Waals surface area contributed by atoms with Crippen molar-refractivity contribution in [1.29, 1.82) is 0 Å². The lowest BCUT2D eigenvalue weighted by molar-refractivity contribution is -0.418. The summed E-state index contributed by atoms with van der Waals surface area (Å²) in [5.74, 6) is 0. The van der Waals surface area contributed by atoms with Crippen molar-refractivity contribution >= 4 is 11.6 Å². The van der Waals surface area contributed by atoms with Crippen LogP contribution in [-0.2, 0) is 0 Å². The van der Waals surface area contributed by atoms with Gasteiger partial charge in [-0.25, -0.2) is 0 Å². The van der Waals surface area contributed by atoms with Gasteiger partial charge in [0.05, 0.1) is 4.92 Å². The SMILES string of the molecule is C=C(/C=C(Cl)\C=C/C)[N+](=O)[O-].CC. The Labute approximate surface area is 83.6 Å². The highest BCUT2D eigenvalue weighted by atomic mass is 35.5. The van der Waals surface area contributed by atoms with Crippen LogP contribution in [-0.4, -0.2) is 4.92 Å². The molecule has 13 heavy (non-hydrogen) atoms. The smallest absolute Gasteiger partial charge is 0.258 e. The molecular formula is C9H14ClNO2. The fraction of sp³-hybridized carbons (Fsp3) is 0.333. The highest BCUT2D eigenvalue weighted by Crippen LogP contribution is 2.07. The van der Waals surface area contributed by atoms with Gasteiger partial charge < -0.3 is 0 Å². The summed E-state index contributed by atoms with van der Waals surface area (Å²) in [7, 11) is 0. The number of nitrogens with zero attached hydrogens (tertiary/aromatic N) is 1. The van der Waals surface area contributed by atoms with E-state index < -0.39 is 4.92 Å². The van der Waals surface area contributed by atoms with Crippen molar-refractivity contribution < 1.29 is 4.92 Å². The second-order valence-corrected chi connectivity index (χ2v) is 2.21. The Morgan fingerprint density at radius 3 is 2.31 bits per heavy atom. The first kappa shape index (κ1) is 14.4. The van der Waals surface area contributed by atoms with Crippen molar-refractivity contribution in [2.45, 2.75) is 20.8 Å². The molecule has 0 saturated heterocycles. The first-order valence-electron chi connectivity index (χ1n) is 3.91. The van der Waals surface area contributed by atoms with E-state index >= 15 is 0 Å². The van der Waals surface area contributed by atoms with E-state index in [2.05, 4.69) is 6.58 Å². The predicted octanol–water partition coefficient (Wildman–Crippen LogP) is 3.50. The van der Waals surface area contributed by atoms with Crippen LogP contribution in [0.15, 0.2) is 35.5 Å². The molecule has 0 N–H and O–H groups in total. The monoisotopic (exact) mass is 203 g/mol. The van der Waals surface area contributed by atoms with Crippen LogP contribution in [0.1, 0.15) is 20.8 Å². The van der Waals surface area contributed by atoms with Gasteiger partial charge in [0.1, 0.15) is 0 Å². The zero-order valence-corrected chi connectivity index (χ0v) is 8.84. The van der Waals surface area contributed by atoms with E-state index in [1.165, 1.54) is 6.08 Å². The van der Waals surface area contributed by atoms with Gasteiger partial charge in [-0.1, -0.05) is 31.5 Å². The number of halogens is 1. The molecule has 0 aliphatic rings. The Bertz CT molecular complexity index is 232. The Kier molecular flexibility index (Phi) is 10.00. The van der Waals surface area contributed by atoms with Crippen LogP contribution in [0.25, 0.3) is 0 Å². The molecule has 3 nitrogen and oxygen atoms in total.